The van der Waals surface area contributed by atoms with E-state index in [1.807, 2.05) is 30.3 Å². The highest BCUT2D eigenvalue weighted by Crippen LogP contribution is 2.20. The van der Waals surface area contributed by atoms with Gasteiger partial charge in [0, 0.05) is 19.6 Å². The van der Waals surface area contributed by atoms with Gasteiger partial charge in [-0.2, -0.15) is 0 Å². The van der Waals surface area contributed by atoms with Crippen molar-refractivity contribution in [3.63, 3.8) is 0 Å². The molecule has 1 aromatic carbocycles. The first-order chi connectivity index (χ1) is 10.4. The van der Waals surface area contributed by atoms with E-state index in [0.717, 1.165) is 43.5 Å². The van der Waals surface area contributed by atoms with E-state index in [4.69, 9.17) is 0 Å². The lowest BCUT2D eigenvalue weighted by atomic mass is 9.92. The molecule has 0 saturated carbocycles. The smallest absolute Gasteiger partial charge is 0.215 e. The van der Waals surface area contributed by atoms with E-state index in [0.29, 0.717) is 6.54 Å². The first-order valence-electron chi connectivity index (χ1n) is 8.18. The van der Waals surface area contributed by atoms with Crippen molar-refractivity contribution in [2.24, 2.45) is 11.8 Å². The minimum Gasteiger partial charge on any atom is -0.303 e. The van der Waals surface area contributed by atoms with Crippen LogP contribution >= 0.6 is 0 Å². The van der Waals surface area contributed by atoms with Gasteiger partial charge in [-0.3, -0.25) is 0 Å². The number of rotatable bonds is 7. The summed E-state index contributed by atoms with van der Waals surface area (Å²) < 4.78 is 26.8. The maximum atomic E-state index is 12.0. The fourth-order valence-electron chi connectivity index (χ4n) is 3.35. The second kappa shape index (κ2) is 8.09. The molecule has 1 aliphatic rings. The molecule has 0 aliphatic carbocycles. The molecule has 4 nitrogen and oxygen atoms in total. The SMILES string of the molecule is C[C@@H]1C[C@H](C)CN(CCCNS(=O)(=O)Cc2ccccc2)C1. The third-order valence-electron chi connectivity index (χ3n) is 4.12. The van der Waals surface area contributed by atoms with Gasteiger partial charge in [0.25, 0.3) is 0 Å². The van der Waals surface area contributed by atoms with Crippen molar-refractivity contribution in [3.05, 3.63) is 35.9 Å². The van der Waals surface area contributed by atoms with E-state index in [2.05, 4.69) is 23.5 Å². The van der Waals surface area contributed by atoms with E-state index < -0.39 is 10.0 Å². The van der Waals surface area contributed by atoms with Crippen LogP contribution in [0.15, 0.2) is 30.3 Å². The van der Waals surface area contributed by atoms with E-state index in [1.165, 1.54) is 6.42 Å². The predicted octanol–water partition coefficient (Wildman–Crippen LogP) is 2.47. The van der Waals surface area contributed by atoms with Gasteiger partial charge in [0.1, 0.15) is 0 Å². The summed E-state index contributed by atoms with van der Waals surface area (Å²) in [6, 6.07) is 9.31. The lowest BCUT2D eigenvalue weighted by Gasteiger charge is -2.34. The molecule has 5 heteroatoms. The Balaban J connectivity index is 1.69. The van der Waals surface area contributed by atoms with Crippen LogP contribution < -0.4 is 4.72 Å². The second-order valence-electron chi connectivity index (χ2n) is 6.70. The zero-order chi connectivity index (χ0) is 16.0. The summed E-state index contributed by atoms with van der Waals surface area (Å²) in [6.45, 7) is 8.37. The Morgan fingerprint density at radius 3 is 2.41 bits per heavy atom. The van der Waals surface area contributed by atoms with Gasteiger partial charge >= 0.3 is 0 Å². The van der Waals surface area contributed by atoms with Gasteiger partial charge < -0.3 is 4.90 Å². The van der Waals surface area contributed by atoms with Gasteiger partial charge in [-0.1, -0.05) is 44.2 Å². The minimum absolute atomic E-state index is 0.0611. The monoisotopic (exact) mass is 324 g/mol. The van der Waals surface area contributed by atoms with Crippen LogP contribution in [0, 0.1) is 11.8 Å². The normalized spacial score (nSPS) is 23.5. The molecule has 1 saturated heterocycles. The third kappa shape index (κ3) is 6.07. The molecule has 1 heterocycles. The predicted molar refractivity (Wildman–Crippen MR) is 91.1 cm³/mol. The molecule has 0 unspecified atom stereocenters. The molecule has 1 aromatic rings. The molecule has 1 fully saturated rings. The number of nitrogens with zero attached hydrogens (tertiary/aromatic N) is 1. The van der Waals surface area contributed by atoms with E-state index in [9.17, 15) is 8.42 Å². The van der Waals surface area contributed by atoms with Gasteiger partial charge in [-0.15, -0.1) is 0 Å². The van der Waals surface area contributed by atoms with Crippen molar-refractivity contribution < 1.29 is 8.42 Å². The second-order valence-corrected chi connectivity index (χ2v) is 8.51. The topological polar surface area (TPSA) is 49.4 Å². The van der Waals surface area contributed by atoms with Crippen molar-refractivity contribution in [2.45, 2.75) is 32.4 Å². The highest BCUT2D eigenvalue weighted by Gasteiger charge is 2.21. The van der Waals surface area contributed by atoms with Crippen molar-refractivity contribution in [1.82, 2.24) is 9.62 Å². The largest absolute Gasteiger partial charge is 0.303 e. The molecule has 0 aromatic heterocycles. The molecule has 2 rings (SSSR count). The van der Waals surface area contributed by atoms with Crippen LogP contribution in [0.25, 0.3) is 0 Å². The molecular weight excluding hydrogens is 296 g/mol. The molecule has 22 heavy (non-hydrogen) atoms. The van der Waals surface area contributed by atoms with Crippen molar-refractivity contribution in [2.75, 3.05) is 26.2 Å². The highest BCUT2D eigenvalue weighted by atomic mass is 32.2. The first kappa shape index (κ1) is 17.4. The van der Waals surface area contributed by atoms with Crippen LogP contribution in [0.3, 0.4) is 0 Å². The molecule has 124 valence electrons. The van der Waals surface area contributed by atoms with Crippen LogP contribution in [0.5, 0.6) is 0 Å². The maximum absolute atomic E-state index is 12.0. The lowest BCUT2D eigenvalue weighted by Crippen LogP contribution is -2.40. The van der Waals surface area contributed by atoms with Crippen LogP contribution in [0.2, 0.25) is 0 Å². The molecule has 1 aliphatic heterocycles. The van der Waals surface area contributed by atoms with Crippen LogP contribution in [0.4, 0.5) is 0 Å². The number of likely N-dealkylation sites (tertiary alicyclic amines) is 1. The average molecular weight is 324 g/mol. The van der Waals surface area contributed by atoms with Crippen LogP contribution in [0.1, 0.15) is 32.3 Å². The Kier molecular flexibility index (Phi) is 6.41. The Bertz CT molecular complexity index is 535. The quantitative estimate of drug-likeness (QED) is 0.784. The fourth-order valence-corrected chi connectivity index (χ4v) is 4.54. The molecule has 0 amide bonds. The number of hydrogen-bond acceptors (Lipinski definition) is 3. The van der Waals surface area contributed by atoms with E-state index in [-0.39, 0.29) is 5.75 Å². The Morgan fingerprint density at radius 2 is 1.77 bits per heavy atom. The number of benzene rings is 1. The standard InChI is InChI=1S/C17H28N2O2S/c1-15-11-16(2)13-19(12-15)10-6-9-18-22(20,21)14-17-7-4-3-5-8-17/h3-5,7-8,15-16,18H,6,9-14H2,1-2H3/t15-,16+. The minimum atomic E-state index is -3.23. The zero-order valence-electron chi connectivity index (χ0n) is 13.7. The summed E-state index contributed by atoms with van der Waals surface area (Å²) in [6.07, 6.45) is 2.17. The molecule has 2 atom stereocenters. The Hall–Kier alpha value is -0.910. The molecule has 0 bridgehead atoms. The average Bonchev–Trinajstić information content (AvgIpc) is 2.43. The van der Waals surface area contributed by atoms with Crippen molar-refractivity contribution in [3.8, 4) is 0 Å². The summed E-state index contributed by atoms with van der Waals surface area (Å²) in [5.74, 6) is 1.56. The highest BCUT2D eigenvalue weighted by molar-refractivity contribution is 7.88. The first-order valence-corrected chi connectivity index (χ1v) is 9.83. The maximum Gasteiger partial charge on any atom is 0.215 e. The summed E-state index contributed by atoms with van der Waals surface area (Å²) in [5.41, 5.74) is 0.827. The lowest BCUT2D eigenvalue weighted by molar-refractivity contribution is 0.140. The molecule has 1 N–H and O–H groups in total. The van der Waals surface area contributed by atoms with E-state index in [1.54, 1.807) is 0 Å². The van der Waals surface area contributed by atoms with E-state index >= 15 is 0 Å². The van der Waals surface area contributed by atoms with Gasteiger partial charge in [-0.25, -0.2) is 13.1 Å². The Morgan fingerprint density at radius 1 is 1.14 bits per heavy atom. The number of hydrogen-bond donors (Lipinski definition) is 1. The molecule has 0 radical (unpaired) electrons. The fraction of sp³-hybridized carbons (Fsp3) is 0.647. The summed E-state index contributed by atoms with van der Waals surface area (Å²) >= 11 is 0. The molecular formula is C17H28N2O2S. The molecule has 0 spiro atoms. The van der Waals surface area contributed by atoms with Gasteiger partial charge in [-0.05, 0) is 36.8 Å². The summed E-state index contributed by atoms with van der Waals surface area (Å²) in [7, 11) is -3.23. The zero-order valence-corrected chi connectivity index (χ0v) is 14.5. The summed E-state index contributed by atoms with van der Waals surface area (Å²) in [4.78, 5) is 2.46. The third-order valence-corrected chi connectivity index (χ3v) is 5.47. The number of sulfonamides is 1. The van der Waals surface area contributed by atoms with Gasteiger partial charge in [0.15, 0.2) is 0 Å². The van der Waals surface area contributed by atoms with Gasteiger partial charge in [0.2, 0.25) is 10.0 Å². The number of piperidine rings is 1. The van der Waals surface area contributed by atoms with Crippen molar-refractivity contribution >= 4 is 10.0 Å². The van der Waals surface area contributed by atoms with Crippen LogP contribution in [-0.2, 0) is 15.8 Å². The van der Waals surface area contributed by atoms with Gasteiger partial charge in [0.05, 0.1) is 5.75 Å². The number of nitrogens with one attached hydrogen (secondary N) is 1. The summed E-state index contributed by atoms with van der Waals surface area (Å²) in [5, 5.41) is 0. The van der Waals surface area contributed by atoms with Crippen LogP contribution in [-0.4, -0.2) is 39.5 Å². The Labute approximate surface area is 135 Å². The van der Waals surface area contributed by atoms with Crippen molar-refractivity contribution in [1.29, 1.82) is 0 Å².